The molecule has 1 aliphatic heterocycles. The minimum absolute atomic E-state index is 0.278. The van der Waals surface area contributed by atoms with E-state index in [4.69, 9.17) is 9.26 Å². The number of hydrogen-bond acceptors (Lipinski definition) is 7. The molecule has 0 aromatic carbocycles. The van der Waals surface area contributed by atoms with Crippen molar-refractivity contribution in [3.05, 3.63) is 24.2 Å². The molecule has 112 valence electrons. The molecule has 0 radical (unpaired) electrons. The molecular weight excluding hydrogens is 272 g/mol. The Morgan fingerprint density at radius 2 is 2.43 bits per heavy atom. The summed E-state index contributed by atoms with van der Waals surface area (Å²) < 4.78 is 10.3. The van der Waals surface area contributed by atoms with E-state index in [0.29, 0.717) is 31.3 Å². The smallest absolute Gasteiger partial charge is 0.258 e. The Bertz CT molecular complexity index is 601. The third-order valence-electron chi connectivity index (χ3n) is 3.48. The highest BCUT2D eigenvalue weighted by atomic mass is 16.5. The number of ether oxygens (including phenoxy) is 1. The highest BCUT2D eigenvalue weighted by Gasteiger charge is 2.22. The van der Waals surface area contributed by atoms with Gasteiger partial charge in [-0.15, -0.1) is 0 Å². The second-order valence-corrected chi connectivity index (χ2v) is 5.05. The van der Waals surface area contributed by atoms with Crippen LogP contribution in [-0.2, 0) is 11.2 Å². The van der Waals surface area contributed by atoms with Crippen molar-refractivity contribution in [2.75, 3.05) is 31.7 Å². The first-order valence-corrected chi connectivity index (χ1v) is 6.97. The molecule has 1 unspecified atom stereocenters. The molecule has 1 saturated heterocycles. The Morgan fingerprint density at radius 3 is 3.19 bits per heavy atom. The van der Waals surface area contributed by atoms with E-state index in [1.807, 2.05) is 12.1 Å². The Labute approximate surface area is 122 Å². The second kappa shape index (κ2) is 6.19. The van der Waals surface area contributed by atoms with E-state index in [9.17, 15) is 5.11 Å². The lowest BCUT2D eigenvalue weighted by Crippen LogP contribution is -2.22. The normalized spacial score (nSPS) is 18.4. The van der Waals surface area contributed by atoms with Gasteiger partial charge in [0.25, 0.3) is 5.89 Å². The molecule has 3 heterocycles. The van der Waals surface area contributed by atoms with Crippen molar-refractivity contribution in [3.8, 4) is 11.5 Å². The van der Waals surface area contributed by atoms with Gasteiger partial charge in [0, 0.05) is 38.4 Å². The zero-order valence-electron chi connectivity index (χ0n) is 11.9. The molecule has 21 heavy (non-hydrogen) atoms. The summed E-state index contributed by atoms with van der Waals surface area (Å²) in [6, 6.07) is 3.75. The van der Waals surface area contributed by atoms with Crippen LogP contribution in [0, 0.1) is 0 Å². The summed E-state index contributed by atoms with van der Waals surface area (Å²) in [7, 11) is 1.64. The third kappa shape index (κ3) is 3.20. The number of β-amino-alcohol motifs (C(OH)–C–C–N with tert-alkyl or cyclic N) is 1. The van der Waals surface area contributed by atoms with Crippen LogP contribution in [0.3, 0.4) is 0 Å². The maximum atomic E-state index is 9.61. The average Bonchev–Trinajstić information content (AvgIpc) is 3.14. The van der Waals surface area contributed by atoms with Crippen LogP contribution in [-0.4, -0.2) is 53.1 Å². The average molecular weight is 290 g/mol. The minimum atomic E-state index is -0.278. The maximum absolute atomic E-state index is 9.61. The van der Waals surface area contributed by atoms with Crippen molar-refractivity contribution < 1.29 is 14.4 Å². The van der Waals surface area contributed by atoms with Gasteiger partial charge in [0.15, 0.2) is 5.82 Å². The number of aliphatic hydroxyl groups excluding tert-OH is 1. The van der Waals surface area contributed by atoms with Gasteiger partial charge in [-0.1, -0.05) is 5.16 Å². The van der Waals surface area contributed by atoms with E-state index < -0.39 is 0 Å². The zero-order chi connectivity index (χ0) is 14.7. The number of nitrogens with zero attached hydrogens (tertiary/aromatic N) is 4. The van der Waals surface area contributed by atoms with Crippen molar-refractivity contribution in [1.82, 2.24) is 15.1 Å². The fourth-order valence-corrected chi connectivity index (χ4v) is 2.34. The largest absolute Gasteiger partial charge is 0.391 e. The number of anilines is 1. The molecular formula is C14H18N4O3. The van der Waals surface area contributed by atoms with Crippen LogP contribution in [0.2, 0.25) is 0 Å². The van der Waals surface area contributed by atoms with Gasteiger partial charge in [-0.05, 0) is 18.6 Å². The van der Waals surface area contributed by atoms with Crippen LogP contribution >= 0.6 is 0 Å². The molecule has 1 fully saturated rings. The number of aromatic nitrogens is 3. The molecule has 0 aliphatic carbocycles. The van der Waals surface area contributed by atoms with E-state index >= 15 is 0 Å². The summed E-state index contributed by atoms with van der Waals surface area (Å²) >= 11 is 0. The molecule has 0 spiro atoms. The van der Waals surface area contributed by atoms with Crippen molar-refractivity contribution in [2.24, 2.45) is 0 Å². The highest BCUT2D eigenvalue weighted by Crippen LogP contribution is 2.24. The lowest BCUT2D eigenvalue weighted by molar-refractivity contribution is 0.198. The van der Waals surface area contributed by atoms with Crippen LogP contribution in [0.1, 0.15) is 12.2 Å². The van der Waals surface area contributed by atoms with Gasteiger partial charge in [0.05, 0.1) is 12.7 Å². The standard InChI is InChI=1S/C14H18N4O3/c1-20-7-4-12-16-14(21-17-12)10-2-5-15-13(8-10)18-6-3-11(19)9-18/h2,5,8,11,19H,3-4,6-7,9H2,1H3. The summed E-state index contributed by atoms with van der Waals surface area (Å²) in [6.45, 7) is 1.98. The monoisotopic (exact) mass is 290 g/mol. The summed E-state index contributed by atoms with van der Waals surface area (Å²) in [4.78, 5) is 10.7. The summed E-state index contributed by atoms with van der Waals surface area (Å²) in [6.07, 6.45) is 2.83. The van der Waals surface area contributed by atoms with Crippen LogP contribution in [0.15, 0.2) is 22.9 Å². The van der Waals surface area contributed by atoms with Crippen LogP contribution in [0.4, 0.5) is 5.82 Å². The fraction of sp³-hybridized carbons (Fsp3) is 0.500. The van der Waals surface area contributed by atoms with Gasteiger partial charge in [0.1, 0.15) is 5.82 Å². The van der Waals surface area contributed by atoms with Gasteiger partial charge in [-0.2, -0.15) is 4.98 Å². The Kier molecular flexibility index (Phi) is 4.12. The molecule has 2 aromatic heterocycles. The number of hydrogen-bond donors (Lipinski definition) is 1. The molecule has 1 aliphatic rings. The molecule has 1 atom stereocenters. The zero-order valence-corrected chi connectivity index (χ0v) is 11.9. The molecule has 7 nitrogen and oxygen atoms in total. The molecule has 0 saturated carbocycles. The lowest BCUT2D eigenvalue weighted by Gasteiger charge is -2.16. The van der Waals surface area contributed by atoms with Gasteiger partial charge in [-0.25, -0.2) is 4.98 Å². The molecule has 1 N–H and O–H groups in total. The van der Waals surface area contributed by atoms with E-state index in [1.54, 1.807) is 13.3 Å². The van der Waals surface area contributed by atoms with E-state index in [1.165, 1.54) is 0 Å². The van der Waals surface area contributed by atoms with E-state index in [0.717, 1.165) is 24.3 Å². The van der Waals surface area contributed by atoms with Gasteiger partial charge in [-0.3, -0.25) is 0 Å². The first kappa shape index (κ1) is 14.0. The molecule has 3 rings (SSSR count). The SMILES string of the molecule is COCCc1noc(-c2ccnc(N3CCC(O)C3)c2)n1. The third-order valence-corrected chi connectivity index (χ3v) is 3.48. The van der Waals surface area contributed by atoms with E-state index in [2.05, 4.69) is 20.0 Å². The Morgan fingerprint density at radius 1 is 1.52 bits per heavy atom. The lowest BCUT2D eigenvalue weighted by atomic mass is 10.2. The Hall–Kier alpha value is -1.99. The van der Waals surface area contributed by atoms with Crippen molar-refractivity contribution in [3.63, 3.8) is 0 Å². The van der Waals surface area contributed by atoms with Crippen LogP contribution in [0.25, 0.3) is 11.5 Å². The second-order valence-electron chi connectivity index (χ2n) is 5.05. The number of aliphatic hydroxyl groups is 1. The number of methoxy groups -OCH3 is 1. The first-order chi connectivity index (χ1) is 10.3. The number of rotatable bonds is 5. The topological polar surface area (TPSA) is 84.5 Å². The van der Waals surface area contributed by atoms with Gasteiger partial charge in [0.2, 0.25) is 0 Å². The molecule has 2 aromatic rings. The van der Waals surface area contributed by atoms with E-state index in [-0.39, 0.29) is 6.10 Å². The van der Waals surface area contributed by atoms with Crippen LogP contribution in [0.5, 0.6) is 0 Å². The highest BCUT2D eigenvalue weighted by molar-refractivity contribution is 5.58. The molecule has 0 amide bonds. The summed E-state index contributed by atoms with van der Waals surface area (Å²) in [5.74, 6) is 1.92. The van der Waals surface area contributed by atoms with Gasteiger partial charge >= 0.3 is 0 Å². The quantitative estimate of drug-likeness (QED) is 0.875. The van der Waals surface area contributed by atoms with Crippen molar-refractivity contribution in [2.45, 2.75) is 18.9 Å². The summed E-state index contributed by atoms with van der Waals surface area (Å²) in [5, 5.41) is 13.5. The van der Waals surface area contributed by atoms with Crippen molar-refractivity contribution in [1.29, 1.82) is 0 Å². The molecule has 7 heteroatoms. The fourth-order valence-electron chi connectivity index (χ4n) is 2.34. The maximum Gasteiger partial charge on any atom is 0.258 e. The van der Waals surface area contributed by atoms with Gasteiger partial charge < -0.3 is 19.3 Å². The Balaban J connectivity index is 1.77. The van der Waals surface area contributed by atoms with Crippen LogP contribution < -0.4 is 4.90 Å². The predicted molar refractivity (Wildman–Crippen MR) is 75.9 cm³/mol. The summed E-state index contributed by atoms with van der Waals surface area (Å²) in [5.41, 5.74) is 0.831. The van der Waals surface area contributed by atoms with Crippen molar-refractivity contribution >= 4 is 5.82 Å². The predicted octanol–water partition coefficient (Wildman–Crippen LogP) is 0.891. The minimum Gasteiger partial charge on any atom is -0.391 e. The number of pyridine rings is 1. The molecule has 0 bridgehead atoms. The first-order valence-electron chi connectivity index (χ1n) is 6.97.